The van der Waals surface area contributed by atoms with Gasteiger partial charge in [0.05, 0.1) is 13.2 Å². The van der Waals surface area contributed by atoms with Gasteiger partial charge in [-0.1, -0.05) is 79.6 Å². The Morgan fingerprint density at radius 1 is 0.750 bits per heavy atom. The van der Waals surface area contributed by atoms with Gasteiger partial charge in [0.15, 0.2) is 0 Å². The Balaban J connectivity index is 0. The summed E-state index contributed by atoms with van der Waals surface area (Å²) in [6.07, 6.45) is 12.1. The van der Waals surface area contributed by atoms with Crippen molar-refractivity contribution in [3.05, 3.63) is 0 Å². The van der Waals surface area contributed by atoms with E-state index in [1.165, 1.54) is 0 Å². The molecule has 0 aromatic rings. The van der Waals surface area contributed by atoms with E-state index in [0.29, 0.717) is 13.2 Å². The van der Waals surface area contributed by atoms with E-state index in [1.807, 2.05) is 0 Å². The highest BCUT2D eigenvalue weighted by molar-refractivity contribution is 7.40. The van der Waals surface area contributed by atoms with Crippen LogP contribution in [0.1, 0.15) is 112 Å². The molecule has 0 aromatic heterocycles. The smallest absolute Gasteiger partial charge is 0.328 e. The Kier molecular flexibility index (Phi) is 24.0. The van der Waals surface area contributed by atoms with Crippen LogP contribution in [0.15, 0.2) is 0 Å². The summed E-state index contributed by atoms with van der Waals surface area (Å²) in [5, 5.41) is 0. The first-order valence-electron chi connectivity index (χ1n) is 11.0. The Labute approximate surface area is 175 Å². The Morgan fingerprint density at radius 2 is 1.18 bits per heavy atom. The molecule has 28 heavy (non-hydrogen) atoms. The molecule has 0 fully saturated rings. The molecule has 0 amide bonds. The second kappa shape index (κ2) is 22.0. The molecule has 0 aliphatic carbocycles. The molecule has 0 aliphatic heterocycles. The van der Waals surface area contributed by atoms with Crippen LogP contribution in [0.2, 0.25) is 0 Å². The standard InChI is InChI=1S/C12H25O3P.C8H19O3P/c1-4-7-10-12(9-6-3,11-8-5-2)15-16(13)14;1-3-5-7-10-12(9)11-8-6-4-2/h4-11H2,1-3H3;9H,3-8H2,1-2H3/p+1. The van der Waals surface area contributed by atoms with Crippen LogP contribution in [0.4, 0.5) is 0 Å². The van der Waals surface area contributed by atoms with E-state index in [1.54, 1.807) is 0 Å². The molecule has 0 spiro atoms. The highest BCUT2D eigenvalue weighted by Crippen LogP contribution is 2.38. The van der Waals surface area contributed by atoms with Crippen LogP contribution in [0, 0.1) is 0 Å². The molecule has 0 bridgehead atoms. The molecule has 0 radical (unpaired) electrons. The summed E-state index contributed by atoms with van der Waals surface area (Å²) in [6, 6.07) is 0. The molecule has 1 unspecified atom stereocenters. The lowest BCUT2D eigenvalue weighted by Crippen LogP contribution is -2.30. The van der Waals surface area contributed by atoms with E-state index in [0.717, 1.165) is 77.0 Å². The van der Waals surface area contributed by atoms with Crippen LogP contribution in [0.25, 0.3) is 0 Å². The molecule has 0 heterocycles. The average molecular weight is 444 g/mol. The molecule has 2 N–H and O–H groups in total. The first kappa shape index (κ1) is 30.5. The molecular formula is C20H45O6P2+. The Hall–Kier alpha value is 0.330. The van der Waals surface area contributed by atoms with Gasteiger partial charge in [0, 0.05) is 4.57 Å². The number of hydrogen-bond acceptors (Lipinski definition) is 5. The zero-order chi connectivity index (χ0) is 21.7. The second-order valence-electron chi connectivity index (χ2n) is 7.08. The minimum atomic E-state index is -2.48. The van der Waals surface area contributed by atoms with Crippen LogP contribution in [-0.2, 0) is 18.1 Å². The van der Waals surface area contributed by atoms with Crippen molar-refractivity contribution in [2.24, 2.45) is 0 Å². The van der Waals surface area contributed by atoms with Crippen LogP contribution in [-0.4, -0.2) is 28.6 Å². The van der Waals surface area contributed by atoms with E-state index in [-0.39, 0.29) is 5.60 Å². The maximum absolute atomic E-state index is 10.9. The maximum atomic E-state index is 10.9. The predicted octanol–water partition coefficient (Wildman–Crippen LogP) is 7.41. The molecule has 0 rings (SSSR count). The van der Waals surface area contributed by atoms with Gasteiger partial charge in [0.1, 0.15) is 5.60 Å². The van der Waals surface area contributed by atoms with E-state index >= 15 is 0 Å². The van der Waals surface area contributed by atoms with E-state index in [9.17, 15) is 4.57 Å². The molecule has 0 aromatic carbocycles. The summed E-state index contributed by atoms with van der Waals surface area (Å²) in [5.74, 6) is 0. The summed E-state index contributed by atoms with van der Waals surface area (Å²) >= 11 is 0. The molecular weight excluding hydrogens is 398 g/mol. The van der Waals surface area contributed by atoms with Gasteiger partial charge < -0.3 is 13.9 Å². The minimum Gasteiger partial charge on any atom is -0.328 e. The summed E-state index contributed by atoms with van der Waals surface area (Å²) in [4.78, 5) is 18.1. The fourth-order valence-corrected chi connectivity index (χ4v) is 3.99. The van der Waals surface area contributed by atoms with Crippen LogP contribution in [0.3, 0.4) is 0 Å². The van der Waals surface area contributed by atoms with E-state index in [2.05, 4.69) is 34.6 Å². The largest absolute Gasteiger partial charge is 0.695 e. The summed E-state index contributed by atoms with van der Waals surface area (Å²) in [5.41, 5.74) is -0.358. The van der Waals surface area contributed by atoms with Gasteiger partial charge in [-0.25, -0.2) is 0 Å². The normalized spacial score (nSPS) is 12.1. The van der Waals surface area contributed by atoms with Crippen LogP contribution < -0.4 is 0 Å². The fraction of sp³-hybridized carbons (Fsp3) is 1.00. The van der Waals surface area contributed by atoms with Gasteiger partial charge in [-0.3, -0.25) is 0 Å². The molecule has 1 atom stereocenters. The lowest BCUT2D eigenvalue weighted by Gasteiger charge is -2.27. The number of hydrogen-bond donors (Lipinski definition) is 2. The van der Waals surface area contributed by atoms with Crippen molar-refractivity contribution >= 4 is 16.9 Å². The van der Waals surface area contributed by atoms with Crippen molar-refractivity contribution in [2.75, 3.05) is 13.2 Å². The van der Waals surface area contributed by atoms with E-state index < -0.39 is 16.9 Å². The Bertz CT molecular complexity index is 327. The summed E-state index contributed by atoms with van der Waals surface area (Å²) < 4.78 is 26.3. The number of rotatable bonds is 18. The lowest BCUT2D eigenvalue weighted by atomic mass is 9.87. The number of unbranched alkanes of at least 4 members (excludes halogenated alkanes) is 4. The van der Waals surface area contributed by atoms with Crippen molar-refractivity contribution in [1.29, 1.82) is 0 Å². The van der Waals surface area contributed by atoms with Gasteiger partial charge in [0.2, 0.25) is 0 Å². The molecule has 8 heteroatoms. The third-order valence-corrected chi connectivity index (χ3v) is 5.70. The third-order valence-electron chi connectivity index (χ3n) is 4.35. The van der Waals surface area contributed by atoms with Gasteiger partial charge in [-0.15, -0.1) is 9.42 Å². The summed E-state index contributed by atoms with van der Waals surface area (Å²) in [7, 11) is -4.09. The first-order valence-corrected chi connectivity index (χ1v) is 13.3. The van der Waals surface area contributed by atoms with Gasteiger partial charge in [-0.2, -0.15) is 0 Å². The zero-order valence-electron chi connectivity index (χ0n) is 18.8. The van der Waals surface area contributed by atoms with Crippen LogP contribution in [0.5, 0.6) is 0 Å². The first-order chi connectivity index (χ1) is 13.4. The minimum absolute atomic E-state index is 0.358. The van der Waals surface area contributed by atoms with E-state index in [4.69, 9.17) is 23.4 Å². The van der Waals surface area contributed by atoms with Crippen molar-refractivity contribution < 1.29 is 27.9 Å². The molecule has 0 saturated heterocycles. The average Bonchev–Trinajstić information content (AvgIpc) is 2.65. The van der Waals surface area contributed by atoms with Crippen LogP contribution >= 0.6 is 16.9 Å². The summed E-state index contributed by atoms with van der Waals surface area (Å²) in [6.45, 7) is 11.7. The fourth-order valence-electron chi connectivity index (χ4n) is 2.74. The SMILES string of the molecule is CCCCC(CCC)(CCCC)O[P+](=O)O.CCCCOP(O)OCCCC. The van der Waals surface area contributed by atoms with Gasteiger partial charge in [-0.05, 0) is 32.1 Å². The maximum Gasteiger partial charge on any atom is 0.695 e. The highest BCUT2D eigenvalue weighted by atomic mass is 31.2. The van der Waals surface area contributed by atoms with Gasteiger partial charge >= 0.3 is 16.9 Å². The monoisotopic (exact) mass is 443 g/mol. The molecule has 6 nitrogen and oxygen atoms in total. The second-order valence-corrected chi connectivity index (χ2v) is 8.73. The topological polar surface area (TPSA) is 85.2 Å². The quantitative estimate of drug-likeness (QED) is 0.169. The molecule has 170 valence electrons. The van der Waals surface area contributed by atoms with Crippen molar-refractivity contribution in [3.63, 3.8) is 0 Å². The van der Waals surface area contributed by atoms with Gasteiger partial charge in [0.25, 0.3) is 0 Å². The Morgan fingerprint density at radius 3 is 1.50 bits per heavy atom. The molecule has 0 saturated carbocycles. The lowest BCUT2D eigenvalue weighted by molar-refractivity contribution is 0.0334. The van der Waals surface area contributed by atoms with Crippen molar-refractivity contribution in [2.45, 2.75) is 117 Å². The molecule has 0 aliphatic rings. The van der Waals surface area contributed by atoms with Crippen molar-refractivity contribution in [1.82, 2.24) is 0 Å². The zero-order valence-corrected chi connectivity index (χ0v) is 20.6. The van der Waals surface area contributed by atoms with Crippen molar-refractivity contribution in [3.8, 4) is 0 Å². The predicted molar refractivity (Wildman–Crippen MR) is 118 cm³/mol. The highest BCUT2D eigenvalue weighted by Gasteiger charge is 2.38. The third kappa shape index (κ3) is 19.6.